The topological polar surface area (TPSA) is 92.7 Å². The van der Waals surface area contributed by atoms with Crippen LogP contribution >= 0.6 is 15.9 Å². The number of nitrogens with two attached hydrogens (primary N) is 1. The van der Waals surface area contributed by atoms with Crippen LogP contribution in [0.25, 0.3) is 5.65 Å². The monoisotopic (exact) mass is 298 g/mol. The number of nitrogens with one attached hydrogen (secondary N) is 1. The Morgan fingerprint density at radius 3 is 3.06 bits per heavy atom. The molecule has 0 bridgehead atoms. The Kier molecular flexibility index (Phi) is 3.30. The summed E-state index contributed by atoms with van der Waals surface area (Å²) in [6, 6.07) is 3.61. The molecule has 4 N–H and O–H groups in total. The van der Waals surface area contributed by atoms with Gasteiger partial charge in [0.15, 0.2) is 11.3 Å². The number of fused-ring (bicyclic) bond motifs is 1. The first-order valence-electron chi connectivity index (χ1n) is 4.96. The van der Waals surface area contributed by atoms with Gasteiger partial charge in [0.05, 0.1) is 11.1 Å². The van der Waals surface area contributed by atoms with E-state index in [9.17, 15) is 4.79 Å². The number of aromatic nitrogens is 2. The molecule has 0 spiro atoms. The maximum atomic E-state index is 11.7. The zero-order chi connectivity index (χ0) is 12.4. The number of halogens is 1. The number of pyridine rings is 1. The summed E-state index contributed by atoms with van der Waals surface area (Å²) >= 11 is 3.34. The van der Waals surface area contributed by atoms with Crippen molar-refractivity contribution in [1.29, 1.82) is 0 Å². The van der Waals surface area contributed by atoms with Crippen LogP contribution in [0.1, 0.15) is 10.5 Å². The van der Waals surface area contributed by atoms with Crippen LogP contribution in [0.2, 0.25) is 0 Å². The van der Waals surface area contributed by atoms with Gasteiger partial charge in [-0.25, -0.2) is 4.98 Å². The number of carbonyl (C=O) groups is 1. The van der Waals surface area contributed by atoms with Crippen molar-refractivity contribution in [1.82, 2.24) is 14.7 Å². The van der Waals surface area contributed by atoms with Crippen molar-refractivity contribution in [2.24, 2.45) is 0 Å². The molecule has 2 rings (SSSR count). The molecule has 1 amide bonds. The van der Waals surface area contributed by atoms with E-state index in [1.807, 2.05) is 6.07 Å². The van der Waals surface area contributed by atoms with E-state index in [2.05, 4.69) is 26.2 Å². The number of amides is 1. The summed E-state index contributed by atoms with van der Waals surface area (Å²) in [5, 5.41) is 11.1. The number of nitrogen functional groups attached to an aromatic ring is 1. The summed E-state index contributed by atoms with van der Waals surface area (Å²) in [4.78, 5) is 15.9. The summed E-state index contributed by atoms with van der Waals surface area (Å²) in [6.07, 6.45) is 1.73. The normalized spacial score (nSPS) is 10.7. The lowest BCUT2D eigenvalue weighted by molar-refractivity contribution is 0.0941. The van der Waals surface area contributed by atoms with Gasteiger partial charge in [0, 0.05) is 12.7 Å². The Balaban J connectivity index is 2.45. The number of carbonyl (C=O) groups excluding carboxylic acids is 1. The molecule has 17 heavy (non-hydrogen) atoms. The van der Waals surface area contributed by atoms with E-state index in [0.717, 1.165) is 4.47 Å². The number of anilines is 1. The van der Waals surface area contributed by atoms with Crippen LogP contribution in [-0.4, -0.2) is 33.6 Å². The number of imidazole rings is 1. The fourth-order valence-electron chi connectivity index (χ4n) is 1.47. The molecular weight excluding hydrogens is 288 g/mol. The third kappa shape index (κ3) is 2.11. The lowest BCUT2D eigenvalue weighted by Crippen LogP contribution is -2.27. The van der Waals surface area contributed by atoms with Gasteiger partial charge in [-0.2, -0.15) is 0 Å². The molecule has 0 aromatic carbocycles. The average molecular weight is 299 g/mol. The van der Waals surface area contributed by atoms with Gasteiger partial charge in [-0.1, -0.05) is 0 Å². The second-order valence-corrected chi connectivity index (χ2v) is 4.23. The average Bonchev–Trinajstić information content (AvgIpc) is 2.66. The molecule has 2 aromatic rings. The Morgan fingerprint density at radius 1 is 1.65 bits per heavy atom. The van der Waals surface area contributed by atoms with Gasteiger partial charge in [-0.05, 0) is 28.1 Å². The number of nitrogens with zero attached hydrogens (tertiary/aromatic N) is 2. The van der Waals surface area contributed by atoms with Crippen LogP contribution in [0.5, 0.6) is 0 Å². The fraction of sp³-hybridized carbons (Fsp3) is 0.200. The maximum Gasteiger partial charge on any atom is 0.273 e. The van der Waals surface area contributed by atoms with Gasteiger partial charge in [-0.3, -0.25) is 9.20 Å². The lowest BCUT2D eigenvalue weighted by Gasteiger charge is -2.00. The van der Waals surface area contributed by atoms with E-state index in [4.69, 9.17) is 10.8 Å². The number of rotatable bonds is 3. The zero-order valence-corrected chi connectivity index (χ0v) is 10.4. The summed E-state index contributed by atoms with van der Waals surface area (Å²) < 4.78 is 2.38. The van der Waals surface area contributed by atoms with Crippen LogP contribution in [0.15, 0.2) is 22.8 Å². The van der Waals surface area contributed by atoms with Crippen LogP contribution in [0, 0.1) is 0 Å². The number of aliphatic hydroxyl groups excluding tert-OH is 1. The largest absolute Gasteiger partial charge is 0.395 e. The quantitative estimate of drug-likeness (QED) is 0.765. The highest BCUT2D eigenvalue weighted by Gasteiger charge is 2.17. The van der Waals surface area contributed by atoms with E-state index >= 15 is 0 Å². The molecular formula is C10H11BrN4O2. The minimum atomic E-state index is -0.396. The van der Waals surface area contributed by atoms with Gasteiger partial charge in [0.1, 0.15) is 5.82 Å². The Labute approximate surface area is 106 Å². The molecule has 0 aliphatic rings. The molecule has 0 saturated heterocycles. The van der Waals surface area contributed by atoms with E-state index in [0.29, 0.717) is 5.65 Å². The van der Waals surface area contributed by atoms with Crippen LogP contribution < -0.4 is 11.1 Å². The predicted molar refractivity (Wildman–Crippen MR) is 66.7 cm³/mol. The number of aliphatic hydroxyl groups is 1. The SMILES string of the molecule is Nc1c(C(=O)NCCO)nc2c(Br)cccn12. The molecule has 0 fully saturated rings. The van der Waals surface area contributed by atoms with Crippen molar-refractivity contribution in [2.75, 3.05) is 18.9 Å². The minimum absolute atomic E-state index is 0.122. The van der Waals surface area contributed by atoms with Crippen LogP contribution in [0.3, 0.4) is 0 Å². The first kappa shape index (κ1) is 11.9. The standard InChI is InChI=1S/C10H11BrN4O2/c11-6-2-1-4-15-8(12)7(14-9(6)15)10(17)13-3-5-16/h1-2,4,16H,3,5,12H2,(H,13,17). The highest BCUT2D eigenvalue weighted by atomic mass is 79.9. The molecule has 0 aliphatic heterocycles. The van der Waals surface area contributed by atoms with E-state index in [1.54, 1.807) is 16.7 Å². The highest BCUT2D eigenvalue weighted by molar-refractivity contribution is 9.10. The third-order valence-corrected chi connectivity index (χ3v) is 2.87. The van der Waals surface area contributed by atoms with Crippen molar-refractivity contribution in [2.45, 2.75) is 0 Å². The van der Waals surface area contributed by atoms with E-state index in [1.165, 1.54) is 0 Å². The number of hydrogen-bond acceptors (Lipinski definition) is 4. The third-order valence-electron chi connectivity index (χ3n) is 2.25. The van der Waals surface area contributed by atoms with Gasteiger partial charge < -0.3 is 16.2 Å². The van der Waals surface area contributed by atoms with Gasteiger partial charge in [0.25, 0.3) is 5.91 Å². The molecule has 7 heteroatoms. The molecule has 2 aromatic heterocycles. The van der Waals surface area contributed by atoms with Crippen molar-refractivity contribution in [3.05, 3.63) is 28.5 Å². The predicted octanol–water partition coefficient (Wildman–Crippen LogP) is 0.401. The van der Waals surface area contributed by atoms with Crippen molar-refractivity contribution >= 4 is 33.3 Å². The Hall–Kier alpha value is -1.60. The highest BCUT2D eigenvalue weighted by Crippen LogP contribution is 2.21. The summed E-state index contributed by atoms with van der Waals surface area (Å²) in [7, 11) is 0. The molecule has 0 unspecified atom stereocenters. The first-order chi connectivity index (χ1) is 8.15. The lowest BCUT2D eigenvalue weighted by atomic mass is 10.4. The minimum Gasteiger partial charge on any atom is -0.395 e. The van der Waals surface area contributed by atoms with E-state index < -0.39 is 5.91 Å². The zero-order valence-electron chi connectivity index (χ0n) is 8.85. The molecule has 0 atom stereocenters. The van der Waals surface area contributed by atoms with Crippen molar-refractivity contribution < 1.29 is 9.90 Å². The second kappa shape index (κ2) is 4.72. The van der Waals surface area contributed by atoms with Gasteiger partial charge >= 0.3 is 0 Å². The Morgan fingerprint density at radius 2 is 2.41 bits per heavy atom. The molecule has 0 radical (unpaired) electrons. The maximum absolute atomic E-state index is 11.7. The smallest absolute Gasteiger partial charge is 0.273 e. The van der Waals surface area contributed by atoms with Gasteiger partial charge in [-0.15, -0.1) is 0 Å². The Bertz CT molecular complexity index is 567. The second-order valence-electron chi connectivity index (χ2n) is 3.37. The number of hydrogen-bond donors (Lipinski definition) is 3. The first-order valence-corrected chi connectivity index (χ1v) is 5.75. The van der Waals surface area contributed by atoms with E-state index in [-0.39, 0.29) is 24.7 Å². The summed E-state index contributed by atoms with van der Waals surface area (Å²) in [6.45, 7) is 0.0516. The van der Waals surface area contributed by atoms with Crippen LogP contribution in [-0.2, 0) is 0 Å². The molecule has 0 saturated carbocycles. The summed E-state index contributed by atoms with van der Waals surface area (Å²) in [5.74, 6) is -0.121. The molecule has 2 heterocycles. The molecule has 0 aliphatic carbocycles. The molecule has 6 nitrogen and oxygen atoms in total. The summed E-state index contributed by atoms with van der Waals surface area (Å²) in [5.41, 5.74) is 6.58. The van der Waals surface area contributed by atoms with Crippen molar-refractivity contribution in [3.63, 3.8) is 0 Å². The molecule has 90 valence electrons. The van der Waals surface area contributed by atoms with Crippen LogP contribution in [0.4, 0.5) is 5.82 Å². The van der Waals surface area contributed by atoms with Gasteiger partial charge in [0.2, 0.25) is 0 Å². The fourth-order valence-corrected chi connectivity index (χ4v) is 1.91. The van der Waals surface area contributed by atoms with Crippen molar-refractivity contribution in [3.8, 4) is 0 Å².